The first-order valence-electron chi connectivity index (χ1n) is 8.06. The Balaban J connectivity index is 0.000000260. The van der Waals surface area contributed by atoms with Gasteiger partial charge >= 0.3 is 0 Å². The first kappa shape index (κ1) is 22.3. The molecule has 0 aliphatic carbocycles. The second-order valence-electron chi connectivity index (χ2n) is 5.63. The van der Waals surface area contributed by atoms with Crippen LogP contribution in [0.2, 0.25) is 0 Å². The average Bonchev–Trinajstić information content (AvgIpc) is 2.55. The van der Waals surface area contributed by atoms with E-state index in [0.29, 0.717) is 25.9 Å². The van der Waals surface area contributed by atoms with Gasteiger partial charge in [-0.25, -0.2) is 13.0 Å². The van der Waals surface area contributed by atoms with E-state index in [0.717, 1.165) is 6.54 Å². The maximum atomic E-state index is 10.4. The average molecular weight is 405 g/mol. The van der Waals surface area contributed by atoms with Gasteiger partial charge in [-0.15, -0.1) is 0 Å². The molecule has 8 nitrogen and oxygen atoms in total. The largest absolute Gasteiger partial charge is 0.748 e. The van der Waals surface area contributed by atoms with Crippen molar-refractivity contribution in [3.63, 3.8) is 0 Å². The van der Waals surface area contributed by atoms with Crippen molar-refractivity contribution in [3.05, 3.63) is 55.0 Å². The molecule has 1 aromatic rings. The monoisotopic (exact) mass is 404 g/mol. The Morgan fingerprint density at radius 2 is 1.69 bits per heavy atom. The molecule has 1 aromatic heterocycles. The van der Waals surface area contributed by atoms with E-state index >= 15 is 0 Å². The predicted octanol–water partition coefficient (Wildman–Crippen LogP) is 0.559. The zero-order valence-electron chi connectivity index (χ0n) is 14.3. The quantitative estimate of drug-likeness (QED) is 0.497. The number of hydrogen-bond donors (Lipinski definition) is 1. The van der Waals surface area contributed by atoms with Crippen LogP contribution in [0.5, 0.6) is 0 Å². The van der Waals surface area contributed by atoms with Gasteiger partial charge in [-0.05, 0) is 18.7 Å². The molecule has 146 valence electrons. The van der Waals surface area contributed by atoms with E-state index in [1.165, 1.54) is 0 Å². The molecule has 0 saturated heterocycles. The van der Waals surface area contributed by atoms with Crippen LogP contribution < -0.4 is 4.57 Å². The van der Waals surface area contributed by atoms with Gasteiger partial charge in [0.1, 0.15) is 6.54 Å². The third-order valence-corrected chi connectivity index (χ3v) is 4.91. The maximum absolute atomic E-state index is 10.4. The van der Waals surface area contributed by atoms with Crippen molar-refractivity contribution in [2.24, 2.45) is 0 Å². The Bertz CT molecular complexity index is 789. The van der Waals surface area contributed by atoms with Crippen molar-refractivity contribution in [1.29, 1.82) is 0 Å². The number of allylic oxidation sites excluding steroid dienone is 2. The first-order chi connectivity index (χ1) is 12.2. The van der Waals surface area contributed by atoms with Crippen LogP contribution in [-0.2, 0) is 26.8 Å². The second kappa shape index (κ2) is 11.1. The summed E-state index contributed by atoms with van der Waals surface area (Å²) in [5.74, 6) is -0.462. The minimum Gasteiger partial charge on any atom is -0.748 e. The molecule has 10 heteroatoms. The molecule has 0 radical (unpaired) electrons. The Hall–Kier alpha value is -1.75. The predicted molar refractivity (Wildman–Crippen MR) is 96.7 cm³/mol. The highest BCUT2D eigenvalue weighted by Crippen LogP contribution is 2.00. The summed E-state index contributed by atoms with van der Waals surface area (Å²) in [4.78, 5) is 1.99. The fraction of sp³-hybridized carbons (Fsp3) is 0.438. The zero-order chi connectivity index (χ0) is 19.5. The Morgan fingerprint density at radius 1 is 1.00 bits per heavy atom. The van der Waals surface area contributed by atoms with E-state index in [1.807, 2.05) is 64.5 Å². The fourth-order valence-electron chi connectivity index (χ4n) is 2.13. The summed E-state index contributed by atoms with van der Waals surface area (Å²) in [5.41, 5.74) is 0. The number of hydrogen-bond acceptors (Lipinski definition) is 6. The van der Waals surface area contributed by atoms with Crippen LogP contribution in [0.4, 0.5) is 0 Å². The number of nitrogens with zero attached hydrogens (tertiary/aromatic N) is 2. The standard InChI is InChI=1S/C8H13NO3S.C8H11NO3S/c2*10-13(11,12)8-4-7-9-5-2-1-3-6-9/h1-3,5H,4,6-8H2,(H,10,11,12);1-3,5-6H,4,7-8H2. The van der Waals surface area contributed by atoms with Crippen molar-refractivity contribution in [2.45, 2.75) is 19.4 Å². The maximum Gasteiger partial charge on any atom is 0.264 e. The van der Waals surface area contributed by atoms with Crippen molar-refractivity contribution in [3.8, 4) is 0 Å². The highest BCUT2D eigenvalue weighted by molar-refractivity contribution is 7.85. The van der Waals surface area contributed by atoms with E-state index in [1.54, 1.807) is 0 Å². The molecule has 0 aromatic carbocycles. The van der Waals surface area contributed by atoms with E-state index in [2.05, 4.69) is 0 Å². The normalized spacial score (nSPS) is 14.0. The minimum atomic E-state index is -4.06. The molecule has 0 bridgehead atoms. The summed E-state index contributed by atoms with van der Waals surface area (Å²) in [6.07, 6.45) is 12.2. The van der Waals surface area contributed by atoms with Crippen LogP contribution in [0, 0.1) is 0 Å². The second-order valence-corrected chi connectivity index (χ2v) is 8.73. The topological polar surface area (TPSA) is 119 Å². The SMILES string of the molecule is O=S(=O)(O)CCCN1C=CC=CC1.O=S(=O)([O-])CCC[n+]1ccccc1. The van der Waals surface area contributed by atoms with Crippen molar-refractivity contribution < 1.29 is 30.5 Å². The molecule has 1 aliphatic heterocycles. The lowest BCUT2D eigenvalue weighted by Crippen LogP contribution is -2.33. The third kappa shape index (κ3) is 12.6. The molecule has 0 atom stereocenters. The lowest BCUT2D eigenvalue weighted by atomic mass is 10.3. The molecule has 2 heterocycles. The third-order valence-electron chi connectivity index (χ3n) is 3.32. The summed E-state index contributed by atoms with van der Waals surface area (Å²) in [6, 6.07) is 5.58. The van der Waals surface area contributed by atoms with Gasteiger partial charge in [0.15, 0.2) is 12.4 Å². The molecular weight excluding hydrogens is 380 g/mol. The van der Waals surface area contributed by atoms with Crippen molar-refractivity contribution in [2.75, 3.05) is 24.6 Å². The molecule has 1 N–H and O–H groups in total. The Labute approximate surface area is 155 Å². The molecule has 0 saturated carbocycles. The van der Waals surface area contributed by atoms with E-state index in [-0.39, 0.29) is 11.5 Å². The molecule has 0 unspecified atom stereocenters. The van der Waals surface area contributed by atoms with Gasteiger partial charge in [-0.1, -0.05) is 18.2 Å². The molecule has 0 amide bonds. The lowest BCUT2D eigenvalue weighted by Gasteiger charge is -2.19. The van der Waals surface area contributed by atoms with Gasteiger partial charge in [0.2, 0.25) is 0 Å². The van der Waals surface area contributed by atoms with Gasteiger partial charge in [0.25, 0.3) is 10.1 Å². The summed E-state index contributed by atoms with van der Waals surface area (Å²) in [6.45, 7) is 2.02. The zero-order valence-corrected chi connectivity index (χ0v) is 16.0. The number of rotatable bonds is 8. The Morgan fingerprint density at radius 3 is 2.23 bits per heavy atom. The van der Waals surface area contributed by atoms with Gasteiger partial charge in [0, 0.05) is 37.4 Å². The van der Waals surface area contributed by atoms with Gasteiger partial charge < -0.3 is 9.45 Å². The smallest absolute Gasteiger partial charge is 0.264 e. The summed E-state index contributed by atoms with van der Waals surface area (Å²) in [5, 5.41) is 0. The number of pyridine rings is 1. The van der Waals surface area contributed by atoms with Crippen LogP contribution in [0.1, 0.15) is 12.8 Å². The Kier molecular flexibility index (Phi) is 9.49. The number of aromatic nitrogens is 1. The van der Waals surface area contributed by atoms with Crippen LogP contribution in [-0.4, -0.2) is 55.4 Å². The summed E-state index contributed by atoms with van der Waals surface area (Å²) < 4.78 is 61.8. The minimum absolute atomic E-state index is 0.166. The highest BCUT2D eigenvalue weighted by atomic mass is 32.2. The van der Waals surface area contributed by atoms with Gasteiger partial charge in [-0.3, -0.25) is 4.55 Å². The van der Waals surface area contributed by atoms with E-state index < -0.39 is 20.2 Å². The van der Waals surface area contributed by atoms with E-state index in [4.69, 9.17) is 4.55 Å². The van der Waals surface area contributed by atoms with E-state index in [9.17, 15) is 21.4 Å². The highest BCUT2D eigenvalue weighted by Gasteiger charge is 2.05. The molecule has 0 fully saturated rings. The summed E-state index contributed by atoms with van der Waals surface area (Å²) >= 11 is 0. The number of aryl methyl sites for hydroxylation is 1. The molecule has 2 rings (SSSR count). The van der Waals surface area contributed by atoms with Crippen LogP contribution in [0.25, 0.3) is 0 Å². The molecule has 26 heavy (non-hydrogen) atoms. The van der Waals surface area contributed by atoms with Crippen LogP contribution >= 0.6 is 0 Å². The lowest BCUT2D eigenvalue weighted by molar-refractivity contribution is -0.696. The van der Waals surface area contributed by atoms with Crippen molar-refractivity contribution >= 4 is 20.2 Å². The summed E-state index contributed by atoms with van der Waals surface area (Å²) in [7, 11) is -7.85. The molecule has 1 aliphatic rings. The van der Waals surface area contributed by atoms with Crippen LogP contribution in [0.3, 0.4) is 0 Å². The molecular formula is C16H24N2O6S2. The van der Waals surface area contributed by atoms with Crippen molar-refractivity contribution in [1.82, 2.24) is 4.90 Å². The molecule has 0 spiro atoms. The fourth-order valence-corrected chi connectivity index (χ4v) is 3.11. The van der Waals surface area contributed by atoms with Gasteiger partial charge in [-0.2, -0.15) is 8.42 Å². The first-order valence-corrected chi connectivity index (χ1v) is 11.2. The van der Waals surface area contributed by atoms with Crippen LogP contribution in [0.15, 0.2) is 55.0 Å². The van der Waals surface area contributed by atoms with Gasteiger partial charge in [0.05, 0.1) is 15.9 Å².